The van der Waals surface area contributed by atoms with Gasteiger partial charge in [-0.1, -0.05) is 12.1 Å². The van der Waals surface area contributed by atoms with Gasteiger partial charge in [0.25, 0.3) is 11.8 Å². The first kappa shape index (κ1) is 26.5. The van der Waals surface area contributed by atoms with Crippen LogP contribution in [0.25, 0.3) is 0 Å². The summed E-state index contributed by atoms with van der Waals surface area (Å²) in [7, 11) is 3.07. The molecular weight excluding hydrogens is 499 g/mol. The molecule has 2 fully saturated rings. The molecule has 0 unspecified atom stereocenters. The maximum Gasteiger partial charge on any atom is 0.253 e. The Hall–Kier alpha value is -4.14. The normalized spacial score (nSPS) is 19.9. The summed E-state index contributed by atoms with van der Waals surface area (Å²) in [5, 5.41) is 5.98. The van der Waals surface area contributed by atoms with Crippen LogP contribution in [0.1, 0.15) is 57.5 Å². The van der Waals surface area contributed by atoms with Gasteiger partial charge < -0.3 is 25.0 Å². The predicted molar refractivity (Wildman–Crippen MR) is 146 cm³/mol. The number of piperidine rings is 1. The van der Waals surface area contributed by atoms with Crippen molar-refractivity contribution >= 4 is 17.6 Å². The number of amides is 2. The second-order valence-electron chi connectivity index (χ2n) is 10.1. The number of hydrogen-bond acceptors (Lipinski definition) is 6. The van der Waals surface area contributed by atoms with Crippen LogP contribution in [0.4, 0.5) is 10.2 Å². The van der Waals surface area contributed by atoms with E-state index in [1.807, 2.05) is 31.2 Å². The maximum atomic E-state index is 14.2. The van der Waals surface area contributed by atoms with Crippen LogP contribution < -0.4 is 25.0 Å². The van der Waals surface area contributed by atoms with Crippen LogP contribution in [0.3, 0.4) is 0 Å². The minimum Gasteiger partial charge on any atom is -0.496 e. The number of methoxy groups -OCH3 is 2. The molecule has 8 nitrogen and oxygen atoms in total. The van der Waals surface area contributed by atoms with E-state index >= 15 is 0 Å². The molecule has 2 amide bonds. The van der Waals surface area contributed by atoms with Gasteiger partial charge in [0.15, 0.2) is 0 Å². The van der Waals surface area contributed by atoms with E-state index in [0.29, 0.717) is 28.2 Å². The van der Waals surface area contributed by atoms with Gasteiger partial charge in [0.2, 0.25) is 0 Å². The van der Waals surface area contributed by atoms with Crippen LogP contribution in [0.15, 0.2) is 54.7 Å². The summed E-state index contributed by atoms with van der Waals surface area (Å²) in [6, 6.07) is 14.3. The Balaban J connectivity index is 1.20. The summed E-state index contributed by atoms with van der Waals surface area (Å²) in [5.74, 6) is 1.06. The van der Waals surface area contributed by atoms with Gasteiger partial charge in [0.1, 0.15) is 23.1 Å². The molecule has 2 aliphatic rings. The lowest BCUT2D eigenvalue weighted by Crippen LogP contribution is -2.50. The number of nitrogens with zero attached hydrogens (tertiary/aromatic N) is 2. The Morgan fingerprint density at radius 1 is 0.974 bits per heavy atom. The Bertz CT molecular complexity index is 1350. The number of hydrogen-bond donors (Lipinski definition) is 2. The molecular formula is C30H33FN4O4. The van der Waals surface area contributed by atoms with Gasteiger partial charge in [-0.15, -0.1) is 0 Å². The molecule has 0 radical (unpaired) electrons. The maximum absolute atomic E-state index is 14.2. The fourth-order valence-electron chi connectivity index (χ4n) is 5.86. The zero-order chi connectivity index (χ0) is 27.5. The van der Waals surface area contributed by atoms with Crippen molar-refractivity contribution in [1.82, 2.24) is 15.6 Å². The molecule has 2 aromatic carbocycles. The minimum absolute atomic E-state index is 0.00903. The molecule has 2 bridgehead atoms. The summed E-state index contributed by atoms with van der Waals surface area (Å²) in [6.07, 6.45) is 5.29. The van der Waals surface area contributed by atoms with Crippen molar-refractivity contribution in [3.63, 3.8) is 0 Å². The number of rotatable bonds is 8. The highest BCUT2D eigenvalue weighted by Crippen LogP contribution is 2.38. The molecule has 5 rings (SSSR count). The van der Waals surface area contributed by atoms with E-state index in [2.05, 4.69) is 20.5 Å². The minimum atomic E-state index is -0.434. The Kier molecular flexibility index (Phi) is 7.67. The molecule has 1 aromatic heterocycles. The van der Waals surface area contributed by atoms with E-state index in [1.54, 1.807) is 31.5 Å². The van der Waals surface area contributed by atoms with Gasteiger partial charge in [-0.2, -0.15) is 0 Å². The first-order valence-corrected chi connectivity index (χ1v) is 13.2. The van der Waals surface area contributed by atoms with Crippen LogP contribution in [0, 0.1) is 12.7 Å². The number of carbonyl (C=O) groups excluding carboxylic acids is 2. The number of pyridine rings is 1. The monoisotopic (exact) mass is 532 g/mol. The zero-order valence-corrected chi connectivity index (χ0v) is 22.4. The van der Waals surface area contributed by atoms with Crippen LogP contribution >= 0.6 is 0 Å². The van der Waals surface area contributed by atoms with Gasteiger partial charge in [0, 0.05) is 47.6 Å². The van der Waals surface area contributed by atoms with E-state index in [0.717, 1.165) is 37.1 Å². The quantitative estimate of drug-likeness (QED) is 0.447. The third-order valence-corrected chi connectivity index (χ3v) is 7.81. The molecule has 39 heavy (non-hydrogen) atoms. The number of halogens is 1. The van der Waals surface area contributed by atoms with E-state index < -0.39 is 5.82 Å². The molecule has 0 aliphatic carbocycles. The molecule has 204 valence electrons. The Morgan fingerprint density at radius 3 is 2.33 bits per heavy atom. The average Bonchev–Trinajstić information content (AvgIpc) is 3.21. The first-order chi connectivity index (χ1) is 18.9. The van der Waals surface area contributed by atoms with Crippen molar-refractivity contribution in [3.8, 4) is 11.5 Å². The van der Waals surface area contributed by atoms with Crippen molar-refractivity contribution in [2.24, 2.45) is 0 Å². The fourth-order valence-corrected chi connectivity index (χ4v) is 5.86. The highest BCUT2D eigenvalue weighted by atomic mass is 19.1. The van der Waals surface area contributed by atoms with Crippen LogP contribution in [0.5, 0.6) is 11.5 Å². The number of benzene rings is 2. The summed E-state index contributed by atoms with van der Waals surface area (Å²) in [4.78, 5) is 32.7. The van der Waals surface area contributed by atoms with Crippen molar-refractivity contribution in [1.29, 1.82) is 0 Å². The van der Waals surface area contributed by atoms with Crippen molar-refractivity contribution < 1.29 is 23.5 Å². The van der Waals surface area contributed by atoms with Gasteiger partial charge in [-0.3, -0.25) is 9.59 Å². The summed E-state index contributed by atoms with van der Waals surface area (Å²) < 4.78 is 24.7. The van der Waals surface area contributed by atoms with E-state index in [-0.39, 0.29) is 36.5 Å². The number of aromatic nitrogens is 1. The first-order valence-electron chi connectivity index (χ1n) is 13.2. The van der Waals surface area contributed by atoms with Crippen LogP contribution in [0.2, 0.25) is 0 Å². The number of ether oxygens (including phenoxy) is 2. The average molecular weight is 533 g/mol. The number of anilines is 1. The van der Waals surface area contributed by atoms with E-state index in [4.69, 9.17) is 9.47 Å². The third-order valence-electron chi connectivity index (χ3n) is 7.81. The molecule has 3 aromatic rings. The lowest BCUT2D eigenvalue weighted by atomic mass is 9.96. The third kappa shape index (κ3) is 5.39. The fraction of sp³-hybridized carbons (Fsp3) is 0.367. The smallest absolute Gasteiger partial charge is 0.253 e. The summed E-state index contributed by atoms with van der Waals surface area (Å²) >= 11 is 0. The number of nitrogens with one attached hydrogen (secondary N) is 2. The molecule has 2 N–H and O–H groups in total. The molecule has 2 aliphatic heterocycles. The second-order valence-corrected chi connectivity index (χ2v) is 10.1. The zero-order valence-electron chi connectivity index (χ0n) is 22.4. The van der Waals surface area contributed by atoms with E-state index in [1.165, 1.54) is 13.2 Å². The van der Waals surface area contributed by atoms with Crippen molar-refractivity contribution in [3.05, 3.63) is 82.8 Å². The second kappa shape index (κ2) is 11.3. The summed E-state index contributed by atoms with van der Waals surface area (Å²) in [6.45, 7) is 1.90. The van der Waals surface area contributed by atoms with Crippen LogP contribution in [-0.2, 0) is 6.54 Å². The Labute approximate surface area is 227 Å². The van der Waals surface area contributed by atoms with Gasteiger partial charge >= 0.3 is 0 Å². The lowest BCUT2D eigenvalue weighted by molar-refractivity contribution is 0.0923. The molecule has 2 saturated heterocycles. The van der Waals surface area contributed by atoms with Gasteiger partial charge in [0.05, 0.1) is 19.8 Å². The molecule has 0 saturated carbocycles. The van der Waals surface area contributed by atoms with Gasteiger partial charge in [-0.25, -0.2) is 9.37 Å². The summed E-state index contributed by atoms with van der Waals surface area (Å²) in [5.41, 5.74) is 2.16. The topological polar surface area (TPSA) is 92.8 Å². The Morgan fingerprint density at radius 2 is 1.67 bits per heavy atom. The SMILES string of the molecule is COc1cccc(C(=O)N[C@H]2C[C@H]3CC[C@@H](C2)N3c2ccc(C(=O)NCc3c(F)cccc3OC)cn2)c1C. The largest absolute Gasteiger partial charge is 0.496 e. The van der Waals surface area contributed by atoms with Crippen LogP contribution in [-0.4, -0.2) is 49.1 Å². The highest BCUT2D eigenvalue weighted by Gasteiger charge is 2.42. The number of fused-ring (bicyclic) bond motifs is 2. The number of carbonyl (C=O) groups is 2. The molecule has 0 spiro atoms. The van der Waals surface area contributed by atoms with Crippen molar-refractivity contribution in [2.75, 3.05) is 19.1 Å². The molecule has 9 heteroatoms. The standard InChI is InChI=1S/C30H33FN4O4/c1-18-23(6-4-8-26(18)38-2)30(37)34-20-14-21-11-12-22(15-20)35(21)28-13-10-19(16-32-28)29(36)33-17-24-25(31)7-5-9-27(24)39-3/h4-10,13,16,20-22H,11-12,14-15,17H2,1-3H3,(H,33,36)(H,34,37)/t20-,21+,22-. The van der Waals surface area contributed by atoms with Gasteiger partial charge in [-0.05, 0) is 69.0 Å². The van der Waals surface area contributed by atoms with E-state index in [9.17, 15) is 14.0 Å². The highest BCUT2D eigenvalue weighted by molar-refractivity contribution is 5.96. The lowest BCUT2D eigenvalue weighted by Gasteiger charge is -2.40. The molecule has 3 atom stereocenters. The predicted octanol–water partition coefficient (Wildman–Crippen LogP) is 4.41. The molecule has 3 heterocycles. The van der Waals surface area contributed by atoms with Crippen molar-refractivity contribution in [2.45, 2.75) is 57.3 Å².